The molecule has 0 radical (unpaired) electrons. The highest BCUT2D eigenvalue weighted by Crippen LogP contribution is 2.46. The smallest absolute Gasteiger partial charge is 0.244 e. The first kappa shape index (κ1) is 13.1. The van der Waals surface area contributed by atoms with E-state index in [1.807, 2.05) is 6.92 Å². The number of carbonyl (C=O) groups is 1. The molecule has 3 nitrogen and oxygen atoms in total. The Hall–Kier alpha value is -0.870. The van der Waals surface area contributed by atoms with Crippen molar-refractivity contribution in [2.24, 2.45) is 5.92 Å². The van der Waals surface area contributed by atoms with Crippen LogP contribution in [0.2, 0.25) is 0 Å². The van der Waals surface area contributed by atoms with Crippen LogP contribution in [0.1, 0.15) is 51.8 Å². The fraction of sp³-hybridized carbons (Fsp3) is 0.667. The lowest BCUT2D eigenvalue weighted by atomic mass is 9.99. The SMILES string of the molecule is CCC1CC1N1C(=O)C(C)(CC)NC1c1ccsc1. The van der Waals surface area contributed by atoms with E-state index < -0.39 is 5.54 Å². The van der Waals surface area contributed by atoms with Crippen LogP contribution in [0.3, 0.4) is 0 Å². The summed E-state index contributed by atoms with van der Waals surface area (Å²) in [7, 11) is 0. The molecule has 1 aliphatic heterocycles. The molecule has 2 heterocycles. The van der Waals surface area contributed by atoms with Gasteiger partial charge in [-0.2, -0.15) is 11.3 Å². The van der Waals surface area contributed by atoms with Crippen molar-refractivity contribution in [2.45, 2.75) is 57.8 Å². The van der Waals surface area contributed by atoms with Gasteiger partial charge in [0.2, 0.25) is 5.91 Å². The molecular weight excluding hydrogens is 256 g/mol. The summed E-state index contributed by atoms with van der Waals surface area (Å²) < 4.78 is 0. The van der Waals surface area contributed by atoms with E-state index in [1.54, 1.807) is 11.3 Å². The molecule has 1 N–H and O–H groups in total. The topological polar surface area (TPSA) is 32.3 Å². The van der Waals surface area contributed by atoms with Crippen molar-refractivity contribution < 1.29 is 4.79 Å². The zero-order chi connectivity index (χ0) is 13.6. The fourth-order valence-electron chi connectivity index (χ4n) is 3.12. The first-order chi connectivity index (χ1) is 9.10. The number of amides is 1. The van der Waals surface area contributed by atoms with Crippen LogP contribution in [0.25, 0.3) is 0 Å². The van der Waals surface area contributed by atoms with E-state index in [0.29, 0.717) is 12.0 Å². The van der Waals surface area contributed by atoms with Crippen LogP contribution in [0.5, 0.6) is 0 Å². The van der Waals surface area contributed by atoms with Crippen molar-refractivity contribution in [2.75, 3.05) is 0 Å². The Morgan fingerprint density at radius 1 is 1.53 bits per heavy atom. The first-order valence-electron chi connectivity index (χ1n) is 7.23. The molecule has 1 saturated heterocycles. The molecule has 0 bridgehead atoms. The van der Waals surface area contributed by atoms with Gasteiger partial charge in [0, 0.05) is 6.04 Å². The van der Waals surface area contributed by atoms with Crippen LogP contribution in [0.4, 0.5) is 0 Å². The molecule has 2 fully saturated rings. The molecule has 1 aromatic rings. The summed E-state index contributed by atoms with van der Waals surface area (Å²) in [5.41, 5.74) is 0.838. The molecule has 4 atom stereocenters. The second kappa shape index (κ2) is 4.60. The van der Waals surface area contributed by atoms with Gasteiger partial charge in [0.1, 0.15) is 6.17 Å². The zero-order valence-electron chi connectivity index (χ0n) is 11.8. The highest BCUT2D eigenvalue weighted by Gasteiger charge is 2.55. The van der Waals surface area contributed by atoms with E-state index in [9.17, 15) is 4.79 Å². The minimum atomic E-state index is -0.395. The summed E-state index contributed by atoms with van der Waals surface area (Å²) in [5, 5.41) is 7.81. The molecular formula is C15H22N2OS. The van der Waals surface area contributed by atoms with Gasteiger partial charge in [-0.05, 0) is 48.1 Å². The van der Waals surface area contributed by atoms with Gasteiger partial charge >= 0.3 is 0 Å². The van der Waals surface area contributed by atoms with Crippen LogP contribution in [-0.2, 0) is 4.79 Å². The molecule has 1 saturated carbocycles. The van der Waals surface area contributed by atoms with Gasteiger partial charge in [0.05, 0.1) is 5.54 Å². The van der Waals surface area contributed by atoms with E-state index in [0.717, 1.165) is 6.42 Å². The minimum Gasteiger partial charge on any atom is -0.318 e. The Morgan fingerprint density at radius 2 is 2.32 bits per heavy atom. The van der Waals surface area contributed by atoms with Crippen molar-refractivity contribution in [1.82, 2.24) is 10.2 Å². The Bertz CT molecular complexity index is 472. The largest absolute Gasteiger partial charge is 0.318 e. The lowest BCUT2D eigenvalue weighted by Crippen LogP contribution is -2.43. The third-order valence-corrected chi connectivity index (χ3v) is 5.47. The van der Waals surface area contributed by atoms with E-state index >= 15 is 0 Å². The fourth-order valence-corrected chi connectivity index (χ4v) is 3.80. The number of hydrogen-bond donors (Lipinski definition) is 1. The van der Waals surface area contributed by atoms with Crippen molar-refractivity contribution in [3.05, 3.63) is 22.4 Å². The number of carbonyl (C=O) groups excluding carboxylic acids is 1. The summed E-state index contributed by atoms with van der Waals surface area (Å²) in [6.07, 6.45) is 3.26. The number of thiophene rings is 1. The molecule has 1 aliphatic carbocycles. The van der Waals surface area contributed by atoms with Crippen molar-refractivity contribution in [3.63, 3.8) is 0 Å². The molecule has 1 aromatic heterocycles. The molecule has 4 unspecified atom stereocenters. The van der Waals surface area contributed by atoms with Crippen molar-refractivity contribution >= 4 is 17.2 Å². The van der Waals surface area contributed by atoms with Crippen LogP contribution in [-0.4, -0.2) is 22.4 Å². The average molecular weight is 278 g/mol. The van der Waals surface area contributed by atoms with Gasteiger partial charge in [-0.1, -0.05) is 20.3 Å². The molecule has 104 valence electrons. The van der Waals surface area contributed by atoms with E-state index in [1.165, 1.54) is 18.4 Å². The highest BCUT2D eigenvalue weighted by atomic mass is 32.1. The summed E-state index contributed by atoms with van der Waals surface area (Å²) in [6.45, 7) is 6.35. The lowest BCUT2D eigenvalue weighted by molar-refractivity contribution is -0.133. The van der Waals surface area contributed by atoms with Crippen molar-refractivity contribution in [1.29, 1.82) is 0 Å². The van der Waals surface area contributed by atoms with Crippen LogP contribution in [0.15, 0.2) is 16.8 Å². The van der Waals surface area contributed by atoms with Crippen LogP contribution in [0, 0.1) is 5.92 Å². The van der Waals surface area contributed by atoms with E-state index in [4.69, 9.17) is 0 Å². The van der Waals surface area contributed by atoms with Gasteiger partial charge in [-0.25, -0.2) is 0 Å². The quantitative estimate of drug-likeness (QED) is 0.917. The summed E-state index contributed by atoms with van der Waals surface area (Å²) in [4.78, 5) is 14.9. The lowest BCUT2D eigenvalue weighted by Gasteiger charge is -2.24. The highest BCUT2D eigenvalue weighted by molar-refractivity contribution is 7.07. The van der Waals surface area contributed by atoms with Gasteiger partial charge in [0.25, 0.3) is 0 Å². The Kier molecular flexibility index (Phi) is 3.18. The number of nitrogens with one attached hydrogen (secondary N) is 1. The first-order valence-corrected chi connectivity index (χ1v) is 8.17. The Balaban J connectivity index is 1.91. The summed E-state index contributed by atoms with van der Waals surface area (Å²) >= 11 is 1.70. The standard InChI is InChI=1S/C15H22N2OS/c1-4-10-8-12(10)17-13(11-6-7-19-9-11)16-15(3,5-2)14(17)18/h6-7,9-10,12-13,16H,4-5,8H2,1-3H3. The van der Waals surface area contributed by atoms with Gasteiger partial charge in [-0.3, -0.25) is 10.1 Å². The maximum Gasteiger partial charge on any atom is 0.244 e. The monoisotopic (exact) mass is 278 g/mol. The molecule has 3 rings (SSSR count). The van der Waals surface area contributed by atoms with Gasteiger partial charge in [0.15, 0.2) is 0 Å². The maximum absolute atomic E-state index is 12.8. The number of nitrogens with zero attached hydrogens (tertiary/aromatic N) is 1. The number of hydrogen-bond acceptors (Lipinski definition) is 3. The van der Waals surface area contributed by atoms with E-state index in [2.05, 4.69) is 40.9 Å². The van der Waals surface area contributed by atoms with Crippen molar-refractivity contribution in [3.8, 4) is 0 Å². The third-order valence-electron chi connectivity index (χ3n) is 4.77. The second-order valence-electron chi connectivity index (χ2n) is 5.97. The van der Waals surface area contributed by atoms with Gasteiger partial charge < -0.3 is 4.90 Å². The normalized spacial score (nSPS) is 37.9. The maximum atomic E-state index is 12.8. The molecule has 2 aliphatic rings. The summed E-state index contributed by atoms with van der Waals surface area (Å²) in [6, 6.07) is 2.58. The number of rotatable bonds is 4. The van der Waals surface area contributed by atoms with E-state index in [-0.39, 0.29) is 12.1 Å². The molecule has 4 heteroatoms. The molecule has 1 amide bonds. The molecule has 0 aromatic carbocycles. The van der Waals surface area contributed by atoms with Crippen LogP contribution < -0.4 is 5.32 Å². The second-order valence-corrected chi connectivity index (χ2v) is 6.75. The summed E-state index contributed by atoms with van der Waals surface area (Å²) in [5.74, 6) is 0.984. The molecule has 0 spiro atoms. The zero-order valence-corrected chi connectivity index (χ0v) is 12.7. The average Bonchev–Trinajstić information content (AvgIpc) is 2.87. The molecule has 19 heavy (non-hydrogen) atoms. The van der Waals surface area contributed by atoms with Crippen LogP contribution >= 0.6 is 11.3 Å². The Labute approximate surface area is 119 Å². The Morgan fingerprint density at radius 3 is 2.84 bits per heavy atom. The predicted molar refractivity (Wildman–Crippen MR) is 77.9 cm³/mol. The predicted octanol–water partition coefficient (Wildman–Crippen LogP) is 3.15. The van der Waals surface area contributed by atoms with Gasteiger partial charge in [-0.15, -0.1) is 0 Å². The third kappa shape index (κ3) is 2.01. The minimum absolute atomic E-state index is 0.0743.